The van der Waals surface area contributed by atoms with Crippen LogP contribution in [0.5, 0.6) is 0 Å². The van der Waals surface area contributed by atoms with Crippen LogP contribution in [-0.4, -0.2) is 18.8 Å². The molecular weight excluding hydrogens is 133 g/mol. The molecule has 1 nitrogen and oxygen atoms in total. The van der Waals surface area contributed by atoms with Crippen molar-refractivity contribution < 1.29 is 0 Å². The molecule has 1 heterocycles. The second-order valence-electron chi connectivity index (χ2n) is 2.88. The van der Waals surface area contributed by atoms with Gasteiger partial charge in [-0.25, -0.2) is 0 Å². The maximum absolute atomic E-state index is 5.72. The lowest BCUT2D eigenvalue weighted by atomic mass is 10.0. The first-order valence-corrected chi connectivity index (χ1v) is 4.22. The monoisotopic (exact) mass is 147 g/mol. The summed E-state index contributed by atoms with van der Waals surface area (Å²) in [5.74, 6) is 0. The molecule has 1 atom stereocenters. The zero-order valence-corrected chi connectivity index (χ0v) is 7.03. The van der Waals surface area contributed by atoms with Gasteiger partial charge in [0.1, 0.15) is 0 Å². The summed E-state index contributed by atoms with van der Waals surface area (Å²) in [6.45, 7) is 2.20. The molecule has 2 heteroatoms. The Morgan fingerprint density at radius 3 is 2.91 bits per heavy atom. The molecule has 0 N–H and O–H groups in total. The largest absolute Gasteiger partial charge is 0.425 e. The second kappa shape index (κ2) is 4.27. The first-order chi connectivity index (χ1) is 5.34. The fourth-order valence-electron chi connectivity index (χ4n) is 1.21. The van der Waals surface area contributed by atoms with Gasteiger partial charge in [-0.05, 0) is 18.7 Å². The van der Waals surface area contributed by atoms with Crippen molar-refractivity contribution >= 4 is 7.98 Å². The summed E-state index contributed by atoms with van der Waals surface area (Å²) >= 11 is 0. The van der Waals surface area contributed by atoms with Crippen molar-refractivity contribution in [2.24, 2.45) is 0 Å². The Morgan fingerprint density at radius 2 is 2.27 bits per heavy atom. The van der Waals surface area contributed by atoms with Gasteiger partial charge in [-0.1, -0.05) is 31.9 Å². The number of hydrogen-bond acceptors (Lipinski definition) is 1. The van der Waals surface area contributed by atoms with Gasteiger partial charge in [-0.2, -0.15) is 0 Å². The third-order valence-electron chi connectivity index (χ3n) is 1.94. The van der Waals surface area contributed by atoms with Crippen LogP contribution in [0.4, 0.5) is 0 Å². The van der Waals surface area contributed by atoms with E-state index in [2.05, 4.69) is 19.1 Å². The Bertz CT molecular complexity index is 163. The molecule has 1 aliphatic rings. The number of hydrogen-bond donors (Lipinski definition) is 0. The van der Waals surface area contributed by atoms with Gasteiger partial charge in [0.2, 0.25) is 7.98 Å². The van der Waals surface area contributed by atoms with Crippen molar-refractivity contribution in [1.29, 1.82) is 0 Å². The van der Waals surface area contributed by atoms with Gasteiger partial charge in [0, 0.05) is 6.04 Å². The lowest BCUT2D eigenvalue weighted by Gasteiger charge is -2.26. The Hall–Kier alpha value is -0.655. The Balaban J connectivity index is 2.33. The van der Waals surface area contributed by atoms with E-state index in [1.807, 2.05) is 12.3 Å². The average Bonchev–Trinajstić information content (AvgIpc) is 2.03. The van der Waals surface area contributed by atoms with Gasteiger partial charge < -0.3 is 4.81 Å². The smallest absolute Gasteiger partial charge is 0.226 e. The van der Waals surface area contributed by atoms with Crippen LogP contribution < -0.4 is 0 Å². The Morgan fingerprint density at radius 1 is 1.45 bits per heavy atom. The van der Waals surface area contributed by atoms with E-state index in [4.69, 9.17) is 7.98 Å². The Labute approximate surface area is 70.2 Å². The van der Waals surface area contributed by atoms with E-state index in [0.29, 0.717) is 6.04 Å². The van der Waals surface area contributed by atoms with E-state index >= 15 is 0 Å². The minimum atomic E-state index is 0.417. The minimum absolute atomic E-state index is 0.417. The molecule has 0 aromatic rings. The van der Waals surface area contributed by atoms with E-state index < -0.39 is 0 Å². The molecule has 0 aliphatic carbocycles. The highest BCUT2D eigenvalue weighted by molar-refractivity contribution is 6.05. The third kappa shape index (κ3) is 2.45. The molecule has 2 radical (unpaired) electrons. The quantitative estimate of drug-likeness (QED) is 0.552. The standard InChI is InChI=1S/C9H14BN/c1-2-3-6-9-7-4-5-8-11(9)10/h4-5,7-9H,2-3,6H2,1H3/t9-/m1/s1. The van der Waals surface area contributed by atoms with Crippen molar-refractivity contribution in [3.8, 4) is 0 Å². The molecule has 0 aromatic heterocycles. The normalized spacial score (nSPS) is 22.6. The van der Waals surface area contributed by atoms with Crippen LogP contribution in [0.15, 0.2) is 24.4 Å². The van der Waals surface area contributed by atoms with Crippen LogP contribution in [0.1, 0.15) is 26.2 Å². The molecular formula is C9H14BN. The van der Waals surface area contributed by atoms with Crippen molar-refractivity contribution in [3.05, 3.63) is 24.4 Å². The first kappa shape index (κ1) is 8.44. The van der Waals surface area contributed by atoms with Gasteiger partial charge in [0.05, 0.1) is 0 Å². The van der Waals surface area contributed by atoms with Crippen molar-refractivity contribution in [2.45, 2.75) is 32.2 Å². The molecule has 58 valence electrons. The van der Waals surface area contributed by atoms with Crippen LogP contribution in [0.25, 0.3) is 0 Å². The molecule has 0 fully saturated rings. The lowest BCUT2D eigenvalue weighted by molar-refractivity contribution is 0.451. The van der Waals surface area contributed by atoms with Crippen LogP contribution in [0.2, 0.25) is 0 Å². The van der Waals surface area contributed by atoms with Crippen LogP contribution in [-0.2, 0) is 0 Å². The minimum Gasteiger partial charge on any atom is -0.425 e. The number of nitrogens with zero attached hydrogens (tertiary/aromatic N) is 1. The highest BCUT2D eigenvalue weighted by Gasteiger charge is 2.07. The van der Waals surface area contributed by atoms with Crippen LogP contribution in [0, 0.1) is 0 Å². The predicted molar refractivity (Wildman–Crippen MR) is 49.2 cm³/mol. The van der Waals surface area contributed by atoms with Crippen LogP contribution >= 0.6 is 0 Å². The van der Waals surface area contributed by atoms with Gasteiger partial charge in [0.25, 0.3) is 0 Å². The summed E-state index contributed by atoms with van der Waals surface area (Å²) in [5.41, 5.74) is 0. The maximum atomic E-state index is 5.72. The highest BCUT2D eigenvalue weighted by Crippen LogP contribution is 2.11. The Kier molecular flexibility index (Phi) is 3.28. The van der Waals surface area contributed by atoms with E-state index in [1.54, 1.807) is 4.81 Å². The number of allylic oxidation sites excluding steroid dienone is 2. The van der Waals surface area contributed by atoms with E-state index in [0.717, 1.165) is 6.42 Å². The molecule has 0 saturated heterocycles. The SMILES string of the molecule is [B]N1C=CC=C[C@H]1CCCC. The van der Waals surface area contributed by atoms with E-state index in [9.17, 15) is 0 Å². The summed E-state index contributed by atoms with van der Waals surface area (Å²) in [7, 11) is 5.72. The van der Waals surface area contributed by atoms with Gasteiger partial charge in [-0.15, -0.1) is 0 Å². The van der Waals surface area contributed by atoms with Crippen molar-refractivity contribution in [3.63, 3.8) is 0 Å². The zero-order valence-electron chi connectivity index (χ0n) is 7.03. The molecule has 0 aromatic carbocycles. The summed E-state index contributed by atoms with van der Waals surface area (Å²) < 4.78 is 0. The van der Waals surface area contributed by atoms with Gasteiger partial charge >= 0.3 is 0 Å². The van der Waals surface area contributed by atoms with E-state index in [1.165, 1.54) is 12.8 Å². The fraction of sp³-hybridized carbons (Fsp3) is 0.556. The van der Waals surface area contributed by atoms with Gasteiger partial charge in [0.15, 0.2) is 0 Å². The summed E-state index contributed by atoms with van der Waals surface area (Å²) in [6, 6.07) is 0.417. The first-order valence-electron chi connectivity index (χ1n) is 4.22. The molecule has 0 saturated carbocycles. The lowest BCUT2D eigenvalue weighted by Crippen LogP contribution is -2.27. The number of unbranched alkanes of at least 4 members (excludes halogenated alkanes) is 1. The van der Waals surface area contributed by atoms with Crippen molar-refractivity contribution in [1.82, 2.24) is 4.81 Å². The molecule has 0 bridgehead atoms. The maximum Gasteiger partial charge on any atom is 0.226 e. The number of rotatable bonds is 3. The molecule has 1 rings (SSSR count). The molecule has 0 unspecified atom stereocenters. The van der Waals surface area contributed by atoms with Crippen molar-refractivity contribution in [2.75, 3.05) is 0 Å². The molecule has 0 spiro atoms. The zero-order chi connectivity index (χ0) is 8.10. The van der Waals surface area contributed by atoms with Crippen LogP contribution in [0.3, 0.4) is 0 Å². The summed E-state index contributed by atoms with van der Waals surface area (Å²) in [4.78, 5) is 1.77. The van der Waals surface area contributed by atoms with E-state index in [-0.39, 0.29) is 0 Å². The molecule has 1 aliphatic heterocycles. The topological polar surface area (TPSA) is 3.24 Å². The fourth-order valence-corrected chi connectivity index (χ4v) is 1.21. The molecule has 11 heavy (non-hydrogen) atoms. The molecule has 0 amide bonds. The summed E-state index contributed by atoms with van der Waals surface area (Å²) in [5, 5.41) is 0. The second-order valence-corrected chi connectivity index (χ2v) is 2.88. The predicted octanol–water partition coefficient (Wildman–Crippen LogP) is 2.01. The third-order valence-corrected chi connectivity index (χ3v) is 1.94. The van der Waals surface area contributed by atoms with Gasteiger partial charge in [-0.3, -0.25) is 0 Å². The average molecular weight is 147 g/mol. The summed E-state index contributed by atoms with van der Waals surface area (Å²) in [6.07, 6.45) is 11.7. The highest BCUT2D eigenvalue weighted by atomic mass is 15.0.